The Morgan fingerprint density at radius 2 is 1.96 bits per heavy atom. The van der Waals surface area contributed by atoms with Crippen LogP contribution in [0.5, 0.6) is 0 Å². The summed E-state index contributed by atoms with van der Waals surface area (Å²) in [6.07, 6.45) is 2.44. The minimum absolute atomic E-state index is 0.155. The fourth-order valence-corrected chi connectivity index (χ4v) is 3.29. The van der Waals surface area contributed by atoms with Gasteiger partial charge < -0.3 is 20.9 Å². The zero-order chi connectivity index (χ0) is 18.5. The van der Waals surface area contributed by atoms with Crippen LogP contribution in [0.25, 0.3) is 10.9 Å². The molecular formula is C21H20N2O3. The number of nitrogens with one attached hydrogen (secondary N) is 1. The van der Waals surface area contributed by atoms with E-state index in [-0.39, 0.29) is 19.1 Å². The second-order valence-electron chi connectivity index (χ2n) is 6.03. The monoisotopic (exact) mass is 348 g/mol. The van der Waals surface area contributed by atoms with E-state index in [2.05, 4.69) is 16.8 Å². The average molecular weight is 348 g/mol. The number of primary amides is 1. The van der Waals surface area contributed by atoms with E-state index in [0.29, 0.717) is 23.1 Å². The fourth-order valence-electron chi connectivity index (χ4n) is 3.29. The van der Waals surface area contributed by atoms with Crippen molar-refractivity contribution in [1.29, 1.82) is 0 Å². The SMILES string of the molecule is NC(=O)c1cccc(C#CCO)c1[C@H](CO)Cc1c[nH]c2ccccc12. The van der Waals surface area contributed by atoms with Crippen LogP contribution in [0.4, 0.5) is 0 Å². The summed E-state index contributed by atoms with van der Waals surface area (Å²) in [5, 5.41) is 20.1. The van der Waals surface area contributed by atoms with Gasteiger partial charge in [0.2, 0.25) is 5.91 Å². The van der Waals surface area contributed by atoms with E-state index in [1.165, 1.54) is 0 Å². The highest BCUT2D eigenvalue weighted by atomic mass is 16.3. The van der Waals surface area contributed by atoms with Gasteiger partial charge in [-0.15, -0.1) is 0 Å². The van der Waals surface area contributed by atoms with Crippen LogP contribution in [0.2, 0.25) is 0 Å². The van der Waals surface area contributed by atoms with Gasteiger partial charge in [0.15, 0.2) is 0 Å². The largest absolute Gasteiger partial charge is 0.396 e. The lowest BCUT2D eigenvalue weighted by Crippen LogP contribution is -2.19. The summed E-state index contributed by atoms with van der Waals surface area (Å²) in [5.74, 6) is 4.56. The van der Waals surface area contributed by atoms with Crippen LogP contribution < -0.4 is 5.73 Å². The summed E-state index contributed by atoms with van der Waals surface area (Å²) in [7, 11) is 0. The Kier molecular flexibility index (Phi) is 5.37. The molecule has 2 aromatic carbocycles. The van der Waals surface area contributed by atoms with Crippen molar-refractivity contribution in [2.75, 3.05) is 13.2 Å². The number of fused-ring (bicyclic) bond motifs is 1. The number of carbonyl (C=O) groups is 1. The van der Waals surface area contributed by atoms with Gasteiger partial charge in [-0.05, 0) is 35.7 Å². The number of para-hydroxylation sites is 1. The molecule has 1 atom stereocenters. The number of hydrogen-bond donors (Lipinski definition) is 4. The summed E-state index contributed by atoms with van der Waals surface area (Å²) >= 11 is 0. The average Bonchev–Trinajstić information content (AvgIpc) is 3.07. The molecule has 3 rings (SSSR count). The summed E-state index contributed by atoms with van der Waals surface area (Å²) < 4.78 is 0. The number of aromatic amines is 1. The molecule has 0 aliphatic heterocycles. The first-order valence-corrected chi connectivity index (χ1v) is 8.34. The van der Waals surface area contributed by atoms with Gasteiger partial charge in [-0.3, -0.25) is 4.79 Å². The summed E-state index contributed by atoms with van der Waals surface area (Å²) in [6, 6.07) is 13.0. The third kappa shape index (κ3) is 3.47. The molecule has 5 nitrogen and oxygen atoms in total. The first kappa shape index (κ1) is 17.7. The molecule has 0 saturated heterocycles. The molecule has 3 aromatic rings. The maximum atomic E-state index is 11.9. The van der Waals surface area contributed by atoms with Crippen molar-refractivity contribution in [1.82, 2.24) is 4.98 Å². The van der Waals surface area contributed by atoms with E-state index in [0.717, 1.165) is 16.5 Å². The number of nitrogens with two attached hydrogens (primary N) is 1. The molecule has 132 valence electrons. The second-order valence-corrected chi connectivity index (χ2v) is 6.03. The lowest BCUT2D eigenvalue weighted by Gasteiger charge is -2.19. The minimum Gasteiger partial charge on any atom is -0.396 e. The third-order valence-electron chi connectivity index (χ3n) is 4.44. The number of carbonyl (C=O) groups excluding carboxylic acids is 1. The number of aliphatic hydroxyl groups is 2. The molecule has 0 fully saturated rings. The van der Waals surface area contributed by atoms with Gasteiger partial charge in [-0.25, -0.2) is 0 Å². The number of hydrogen-bond acceptors (Lipinski definition) is 3. The molecule has 0 radical (unpaired) electrons. The molecule has 0 spiro atoms. The van der Waals surface area contributed by atoms with Gasteiger partial charge in [-0.1, -0.05) is 36.1 Å². The predicted octanol–water partition coefficient (Wildman–Crippen LogP) is 1.93. The highest BCUT2D eigenvalue weighted by Gasteiger charge is 2.22. The second kappa shape index (κ2) is 7.87. The summed E-state index contributed by atoms with van der Waals surface area (Å²) in [6.45, 7) is -0.440. The fraction of sp³-hybridized carbons (Fsp3) is 0.190. The first-order chi connectivity index (χ1) is 12.7. The molecule has 0 aliphatic carbocycles. The molecule has 26 heavy (non-hydrogen) atoms. The number of aliphatic hydroxyl groups excluding tert-OH is 2. The lowest BCUT2D eigenvalue weighted by molar-refractivity contribution is 0.0998. The van der Waals surface area contributed by atoms with Crippen LogP contribution >= 0.6 is 0 Å². The van der Waals surface area contributed by atoms with Crippen molar-refractivity contribution < 1.29 is 15.0 Å². The maximum absolute atomic E-state index is 11.9. The van der Waals surface area contributed by atoms with Crippen molar-refractivity contribution in [2.45, 2.75) is 12.3 Å². The molecule has 0 bridgehead atoms. The Morgan fingerprint density at radius 1 is 1.15 bits per heavy atom. The standard InChI is InChI=1S/C21H20N2O3/c22-21(26)18-8-3-5-14(6-4-10-24)20(18)16(13-25)11-15-12-23-19-9-2-1-7-17(15)19/h1-3,5,7-9,12,16,23-25H,10-11,13H2,(H2,22,26)/t16-/m0/s1. The minimum atomic E-state index is -0.565. The van der Waals surface area contributed by atoms with Crippen molar-refractivity contribution in [3.05, 3.63) is 70.9 Å². The molecule has 0 saturated carbocycles. The third-order valence-corrected chi connectivity index (χ3v) is 4.44. The highest BCUT2D eigenvalue weighted by Crippen LogP contribution is 2.30. The van der Waals surface area contributed by atoms with E-state index in [1.807, 2.05) is 30.5 Å². The topological polar surface area (TPSA) is 99.3 Å². The Hall–Kier alpha value is -3.07. The van der Waals surface area contributed by atoms with Gasteiger partial charge in [0, 0.05) is 34.1 Å². The predicted molar refractivity (Wildman–Crippen MR) is 101 cm³/mol. The lowest BCUT2D eigenvalue weighted by atomic mass is 9.85. The zero-order valence-corrected chi connectivity index (χ0v) is 14.2. The Morgan fingerprint density at radius 3 is 2.69 bits per heavy atom. The molecule has 1 aromatic heterocycles. The van der Waals surface area contributed by atoms with Crippen LogP contribution in [-0.2, 0) is 6.42 Å². The number of amides is 1. The van der Waals surface area contributed by atoms with Crippen molar-refractivity contribution in [3.63, 3.8) is 0 Å². The molecule has 5 N–H and O–H groups in total. The van der Waals surface area contributed by atoms with Gasteiger partial charge in [-0.2, -0.15) is 0 Å². The number of aromatic nitrogens is 1. The van der Waals surface area contributed by atoms with E-state index in [9.17, 15) is 9.90 Å². The zero-order valence-electron chi connectivity index (χ0n) is 14.2. The summed E-state index contributed by atoms with van der Waals surface area (Å²) in [4.78, 5) is 15.1. The van der Waals surface area contributed by atoms with Crippen LogP contribution in [-0.4, -0.2) is 34.3 Å². The van der Waals surface area contributed by atoms with E-state index in [4.69, 9.17) is 10.8 Å². The molecule has 5 heteroatoms. The molecule has 1 amide bonds. The van der Waals surface area contributed by atoms with Crippen LogP contribution in [0.15, 0.2) is 48.7 Å². The van der Waals surface area contributed by atoms with E-state index >= 15 is 0 Å². The van der Waals surface area contributed by atoms with E-state index < -0.39 is 5.91 Å². The molecule has 0 aliphatic rings. The number of rotatable bonds is 5. The van der Waals surface area contributed by atoms with Crippen molar-refractivity contribution in [2.24, 2.45) is 5.73 Å². The van der Waals surface area contributed by atoms with Crippen molar-refractivity contribution in [3.8, 4) is 11.8 Å². The Bertz CT molecular complexity index is 995. The number of benzene rings is 2. The number of H-pyrrole nitrogens is 1. The Labute approximate surface area is 151 Å². The Balaban J connectivity index is 2.08. The smallest absolute Gasteiger partial charge is 0.249 e. The van der Waals surface area contributed by atoms with E-state index in [1.54, 1.807) is 18.2 Å². The van der Waals surface area contributed by atoms with Crippen LogP contribution in [0.3, 0.4) is 0 Å². The van der Waals surface area contributed by atoms with Gasteiger partial charge in [0.05, 0.1) is 6.61 Å². The van der Waals surface area contributed by atoms with Crippen molar-refractivity contribution >= 4 is 16.8 Å². The van der Waals surface area contributed by atoms with Gasteiger partial charge in [0.25, 0.3) is 0 Å². The summed E-state index contributed by atoms with van der Waals surface area (Å²) in [5.41, 5.74) is 9.15. The highest BCUT2D eigenvalue weighted by molar-refractivity contribution is 5.95. The van der Waals surface area contributed by atoms with Crippen LogP contribution in [0.1, 0.15) is 33.0 Å². The van der Waals surface area contributed by atoms with Gasteiger partial charge >= 0.3 is 0 Å². The van der Waals surface area contributed by atoms with Gasteiger partial charge in [0.1, 0.15) is 6.61 Å². The normalized spacial score (nSPS) is 11.8. The maximum Gasteiger partial charge on any atom is 0.249 e. The first-order valence-electron chi connectivity index (χ1n) is 8.34. The molecule has 0 unspecified atom stereocenters. The molecule has 1 heterocycles. The quantitative estimate of drug-likeness (QED) is 0.530. The molecular weight excluding hydrogens is 328 g/mol. The van der Waals surface area contributed by atoms with Crippen LogP contribution in [0, 0.1) is 11.8 Å².